The number of rotatable bonds is 9. The Morgan fingerprint density at radius 2 is 1.44 bits per heavy atom. The third-order valence-electron chi connectivity index (χ3n) is 5.61. The van der Waals surface area contributed by atoms with Crippen LogP contribution in [0, 0.1) is 0 Å². The third kappa shape index (κ3) is 7.10. The number of hydrogen-bond donors (Lipinski definition) is 2. The molecule has 0 radical (unpaired) electrons. The van der Waals surface area contributed by atoms with Crippen molar-refractivity contribution in [3.05, 3.63) is 118 Å². The van der Waals surface area contributed by atoms with Gasteiger partial charge >= 0.3 is 0 Å². The highest BCUT2D eigenvalue weighted by Gasteiger charge is 2.19. The van der Waals surface area contributed by atoms with E-state index in [4.69, 9.17) is 23.2 Å². The summed E-state index contributed by atoms with van der Waals surface area (Å²) in [6.07, 6.45) is 1.14. The largest absolute Gasteiger partial charge is 0.322 e. The molecule has 4 aromatic rings. The van der Waals surface area contributed by atoms with E-state index in [0.717, 1.165) is 6.26 Å². The summed E-state index contributed by atoms with van der Waals surface area (Å²) in [4.78, 5) is 12.7. The number of sulfonamides is 2. The average Bonchev–Trinajstić information content (AvgIpc) is 2.90. The second kappa shape index (κ2) is 11.7. The van der Waals surface area contributed by atoms with E-state index in [2.05, 4.69) is 10.0 Å². The van der Waals surface area contributed by atoms with Gasteiger partial charge in [0.1, 0.15) is 0 Å². The fourth-order valence-corrected chi connectivity index (χ4v) is 5.99. The first-order valence-electron chi connectivity index (χ1n) is 11.4. The van der Waals surface area contributed by atoms with Gasteiger partial charge in [-0.05, 0) is 66.2 Å². The maximum absolute atomic E-state index is 12.7. The molecule has 4 rings (SSSR count). The summed E-state index contributed by atoms with van der Waals surface area (Å²) < 4.78 is 53.8. The molecule has 0 atom stereocenters. The maximum Gasteiger partial charge on any atom is 0.261 e. The van der Waals surface area contributed by atoms with Crippen LogP contribution in [0.4, 0.5) is 17.1 Å². The van der Waals surface area contributed by atoms with Crippen LogP contribution in [0.2, 0.25) is 10.0 Å². The van der Waals surface area contributed by atoms with E-state index in [0.29, 0.717) is 22.5 Å². The molecule has 4 aromatic carbocycles. The van der Waals surface area contributed by atoms with Gasteiger partial charge in [0.25, 0.3) is 15.9 Å². The van der Waals surface area contributed by atoms with E-state index in [1.165, 1.54) is 34.6 Å². The number of nitrogens with zero attached hydrogens (tertiary/aromatic N) is 1. The van der Waals surface area contributed by atoms with Gasteiger partial charge < -0.3 is 5.32 Å². The number of halogens is 2. The normalized spacial score (nSPS) is 11.6. The number of anilines is 3. The van der Waals surface area contributed by atoms with Crippen molar-refractivity contribution in [1.29, 1.82) is 0 Å². The summed E-state index contributed by atoms with van der Waals surface area (Å²) >= 11 is 12.0. The Labute approximate surface area is 237 Å². The number of nitrogens with one attached hydrogen (secondary N) is 2. The van der Waals surface area contributed by atoms with Gasteiger partial charge in [-0.1, -0.05) is 59.6 Å². The minimum atomic E-state index is -3.95. The molecule has 12 heteroatoms. The summed E-state index contributed by atoms with van der Waals surface area (Å²) in [5.41, 5.74) is 2.11. The van der Waals surface area contributed by atoms with Crippen molar-refractivity contribution in [2.75, 3.05) is 20.6 Å². The molecule has 0 aliphatic rings. The molecule has 8 nitrogen and oxygen atoms in total. The lowest BCUT2D eigenvalue weighted by atomic mass is 10.1. The molecule has 0 bridgehead atoms. The monoisotopic (exact) mass is 603 g/mol. The molecular formula is C27H23Cl2N3O5S2. The van der Waals surface area contributed by atoms with Crippen LogP contribution in [-0.2, 0) is 26.6 Å². The first kappa shape index (κ1) is 28.4. The zero-order chi connectivity index (χ0) is 28.2. The quantitative estimate of drug-likeness (QED) is 0.243. The number of amides is 1. The SMILES string of the molecule is CS(=O)(=O)N(Cc1ccc(C(=O)Nc2ccc(S(=O)(=O)Nc3cccc(Cl)c3Cl)cc2)cc1)c1ccccc1. The molecule has 39 heavy (non-hydrogen) atoms. The lowest BCUT2D eigenvalue weighted by Gasteiger charge is -2.22. The van der Waals surface area contributed by atoms with Gasteiger partial charge in [0.05, 0.1) is 39.1 Å². The molecule has 1 amide bonds. The number of hydrogen-bond acceptors (Lipinski definition) is 5. The molecular weight excluding hydrogens is 581 g/mol. The Kier molecular flexibility index (Phi) is 8.51. The predicted molar refractivity (Wildman–Crippen MR) is 156 cm³/mol. The lowest BCUT2D eigenvalue weighted by molar-refractivity contribution is 0.102. The van der Waals surface area contributed by atoms with Crippen LogP contribution >= 0.6 is 23.2 Å². The fraction of sp³-hybridized carbons (Fsp3) is 0.0741. The average molecular weight is 605 g/mol. The first-order valence-corrected chi connectivity index (χ1v) is 15.5. The fourth-order valence-electron chi connectivity index (χ4n) is 3.63. The Bertz CT molecular complexity index is 1700. The Morgan fingerprint density at radius 3 is 2.05 bits per heavy atom. The molecule has 0 fully saturated rings. The maximum atomic E-state index is 12.7. The molecule has 0 spiro atoms. The zero-order valence-corrected chi connectivity index (χ0v) is 23.7. The van der Waals surface area contributed by atoms with E-state index in [-0.39, 0.29) is 27.2 Å². The van der Waals surface area contributed by atoms with Crippen LogP contribution in [0.15, 0.2) is 102 Å². The Morgan fingerprint density at radius 1 is 0.795 bits per heavy atom. The standard InChI is InChI=1S/C27H23Cl2N3O5S2/c1-38(34,35)32(22-6-3-2-4-7-22)18-19-10-12-20(13-11-19)27(33)30-21-14-16-23(17-15-21)39(36,37)31-25-9-5-8-24(28)26(25)29/h2-17,31H,18H2,1H3,(H,30,33). The number of para-hydroxylation sites is 1. The van der Waals surface area contributed by atoms with Crippen LogP contribution in [-0.4, -0.2) is 29.0 Å². The molecule has 0 aromatic heterocycles. The van der Waals surface area contributed by atoms with Crippen LogP contribution in [0.1, 0.15) is 15.9 Å². The zero-order valence-electron chi connectivity index (χ0n) is 20.5. The first-order chi connectivity index (χ1) is 18.4. The minimum absolute atomic E-state index is 0.0326. The van der Waals surface area contributed by atoms with Gasteiger partial charge in [-0.15, -0.1) is 0 Å². The summed E-state index contributed by atoms with van der Waals surface area (Å²) in [6, 6.07) is 25.5. The van der Waals surface area contributed by atoms with Crippen molar-refractivity contribution in [1.82, 2.24) is 0 Å². The smallest absolute Gasteiger partial charge is 0.261 e. The van der Waals surface area contributed by atoms with E-state index in [1.54, 1.807) is 66.7 Å². The van der Waals surface area contributed by atoms with Crippen LogP contribution in [0.25, 0.3) is 0 Å². The van der Waals surface area contributed by atoms with E-state index >= 15 is 0 Å². The van der Waals surface area contributed by atoms with Crippen molar-refractivity contribution in [3.63, 3.8) is 0 Å². The van der Waals surface area contributed by atoms with Crippen LogP contribution < -0.4 is 14.3 Å². The van der Waals surface area contributed by atoms with E-state index in [9.17, 15) is 21.6 Å². The lowest BCUT2D eigenvalue weighted by Crippen LogP contribution is -2.29. The van der Waals surface area contributed by atoms with Gasteiger partial charge in [0, 0.05) is 11.3 Å². The van der Waals surface area contributed by atoms with Crippen LogP contribution in [0.5, 0.6) is 0 Å². The topological polar surface area (TPSA) is 113 Å². The molecule has 0 heterocycles. The highest BCUT2D eigenvalue weighted by molar-refractivity contribution is 7.92. The number of carbonyl (C=O) groups excluding carboxylic acids is 1. The van der Waals surface area contributed by atoms with Crippen molar-refractivity contribution in [2.24, 2.45) is 0 Å². The summed E-state index contributed by atoms with van der Waals surface area (Å²) in [5.74, 6) is -0.413. The van der Waals surface area contributed by atoms with Gasteiger partial charge in [-0.2, -0.15) is 0 Å². The van der Waals surface area contributed by atoms with Gasteiger partial charge in [0.15, 0.2) is 0 Å². The highest BCUT2D eigenvalue weighted by Crippen LogP contribution is 2.31. The summed E-state index contributed by atoms with van der Waals surface area (Å²) in [7, 11) is -7.47. The molecule has 2 N–H and O–H groups in total. The second-order valence-corrected chi connectivity index (χ2v) is 12.9. The molecule has 0 unspecified atom stereocenters. The van der Waals surface area contributed by atoms with E-state index in [1.807, 2.05) is 0 Å². The second-order valence-electron chi connectivity index (χ2n) is 8.49. The molecule has 202 valence electrons. The van der Waals surface area contributed by atoms with Crippen molar-refractivity contribution in [2.45, 2.75) is 11.4 Å². The molecule has 0 aliphatic heterocycles. The highest BCUT2D eigenvalue weighted by atomic mass is 35.5. The van der Waals surface area contributed by atoms with Crippen molar-refractivity contribution >= 4 is 66.2 Å². The van der Waals surface area contributed by atoms with Gasteiger partial charge in [0.2, 0.25) is 10.0 Å². The number of benzene rings is 4. The van der Waals surface area contributed by atoms with Crippen LogP contribution in [0.3, 0.4) is 0 Å². The number of carbonyl (C=O) groups is 1. The predicted octanol–water partition coefficient (Wildman–Crippen LogP) is 6.01. The third-order valence-corrected chi connectivity index (χ3v) is 8.95. The summed E-state index contributed by atoms with van der Waals surface area (Å²) in [6.45, 7) is 0.106. The molecule has 0 saturated carbocycles. The van der Waals surface area contributed by atoms with Gasteiger partial charge in [-0.25, -0.2) is 16.8 Å². The van der Waals surface area contributed by atoms with Crippen molar-refractivity contribution < 1.29 is 21.6 Å². The Balaban J connectivity index is 1.42. The molecule has 0 saturated heterocycles. The van der Waals surface area contributed by atoms with E-state index < -0.39 is 26.0 Å². The van der Waals surface area contributed by atoms with Crippen molar-refractivity contribution in [3.8, 4) is 0 Å². The van der Waals surface area contributed by atoms with Gasteiger partial charge in [-0.3, -0.25) is 13.8 Å². The summed E-state index contributed by atoms with van der Waals surface area (Å²) in [5, 5.41) is 3.01. The Hall–Kier alpha value is -3.57. The minimum Gasteiger partial charge on any atom is -0.322 e. The molecule has 0 aliphatic carbocycles.